The number of carbonyl (C=O) groups is 3. The van der Waals surface area contributed by atoms with Crippen molar-refractivity contribution in [1.29, 1.82) is 0 Å². The minimum Gasteiger partial charge on any atom is -0.496 e. The van der Waals surface area contributed by atoms with E-state index >= 15 is 0 Å². The first kappa shape index (κ1) is 18.7. The van der Waals surface area contributed by atoms with Gasteiger partial charge >= 0.3 is 6.03 Å². The molecule has 0 aliphatic carbocycles. The van der Waals surface area contributed by atoms with Gasteiger partial charge in [0, 0.05) is 34.6 Å². The number of urea groups is 1. The topological polar surface area (TPSA) is 91.5 Å². The first-order valence-electron chi connectivity index (χ1n) is 9.32. The number of nitrogens with zero attached hydrogens (tertiary/aromatic N) is 1. The molecule has 29 heavy (non-hydrogen) atoms. The van der Waals surface area contributed by atoms with Crippen molar-refractivity contribution in [3.63, 3.8) is 0 Å². The fourth-order valence-corrected chi connectivity index (χ4v) is 3.68. The molecule has 0 radical (unpaired) electrons. The van der Waals surface area contributed by atoms with Crippen molar-refractivity contribution in [3.05, 3.63) is 65.4 Å². The Balaban J connectivity index is 1.56. The molecule has 0 bridgehead atoms. The summed E-state index contributed by atoms with van der Waals surface area (Å²) in [6, 6.07) is 11.7. The quantitative estimate of drug-likeness (QED) is 0.499. The van der Waals surface area contributed by atoms with Gasteiger partial charge in [0.25, 0.3) is 5.91 Å². The van der Waals surface area contributed by atoms with E-state index in [1.807, 2.05) is 30.5 Å². The highest BCUT2D eigenvalue weighted by atomic mass is 16.5. The number of hydrogen-bond donors (Lipinski definition) is 2. The molecule has 2 N–H and O–H groups in total. The summed E-state index contributed by atoms with van der Waals surface area (Å²) in [6.45, 7) is 1.51. The third-order valence-corrected chi connectivity index (χ3v) is 5.22. The van der Waals surface area contributed by atoms with Gasteiger partial charge in [-0.15, -0.1) is 0 Å². The summed E-state index contributed by atoms with van der Waals surface area (Å²) in [6.07, 6.45) is 2.27. The zero-order valence-corrected chi connectivity index (χ0v) is 16.2. The number of nitrogens with one attached hydrogen (secondary N) is 2. The van der Waals surface area contributed by atoms with Crippen LogP contribution in [0.5, 0.6) is 5.75 Å². The van der Waals surface area contributed by atoms with E-state index in [1.54, 1.807) is 18.2 Å². The monoisotopic (exact) mass is 391 g/mol. The van der Waals surface area contributed by atoms with Crippen molar-refractivity contribution in [2.45, 2.75) is 25.9 Å². The molecule has 3 amide bonds. The smallest absolute Gasteiger partial charge is 0.325 e. The molecule has 2 heterocycles. The maximum absolute atomic E-state index is 12.9. The van der Waals surface area contributed by atoms with Crippen molar-refractivity contribution in [2.75, 3.05) is 7.11 Å². The number of carbonyl (C=O) groups excluding carboxylic acids is 3. The van der Waals surface area contributed by atoms with Crippen LogP contribution >= 0.6 is 0 Å². The highest BCUT2D eigenvalue weighted by Crippen LogP contribution is 2.25. The molecule has 2 aromatic carbocycles. The summed E-state index contributed by atoms with van der Waals surface area (Å²) in [4.78, 5) is 41.5. The first-order valence-corrected chi connectivity index (χ1v) is 9.32. The number of Topliss-reactive ketones (excluding diaryl/α,β-unsaturated/α-hetero) is 1. The highest BCUT2D eigenvalue weighted by Gasteiger charge is 2.38. The largest absolute Gasteiger partial charge is 0.496 e. The number of para-hydroxylation sites is 1. The number of hydrogen-bond acceptors (Lipinski definition) is 4. The number of methoxy groups -OCH3 is 1. The van der Waals surface area contributed by atoms with Gasteiger partial charge in [0.1, 0.15) is 11.8 Å². The zero-order valence-electron chi connectivity index (χ0n) is 16.2. The van der Waals surface area contributed by atoms with Gasteiger partial charge in [0.15, 0.2) is 5.78 Å². The Morgan fingerprint density at radius 3 is 2.69 bits per heavy atom. The molecule has 1 aliphatic rings. The molecule has 1 saturated heterocycles. The van der Waals surface area contributed by atoms with E-state index < -0.39 is 12.1 Å². The molecular weight excluding hydrogens is 370 g/mol. The normalized spacial score (nSPS) is 16.3. The summed E-state index contributed by atoms with van der Waals surface area (Å²) in [5.74, 6) is 0.134. The zero-order chi connectivity index (χ0) is 20.5. The van der Waals surface area contributed by atoms with Gasteiger partial charge < -0.3 is 15.0 Å². The van der Waals surface area contributed by atoms with Crippen molar-refractivity contribution < 1.29 is 19.1 Å². The Bertz CT molecular complexity index is 1120. The number of H-pyrrole nitrogens is 1. The van der Waals surface area contributed by atoms with Crippen LogP contribution in [0.3, 0.4) is 0 Å². The van der Waals surface area contributed by atoms with Gasteiger partial charge in [0.2, 0.25) is 0 Å². The van der Waals surface area contributed by atoms with E-state index in [4.69, 9.17) is 4.74 Å². The first-order chi connectivity index (χ1) is 14.0. The third-order valence-electron chi connectivity index (χ3n) is 5.22. The molecule has 4 rings (SSSR count). The standard InChI is InChI=1S/C22H21N3O4/c1-13(26)14-7-8-20(29-2)16(9-14)12-25-21(27)19(24-22(25)28)10-15-11-23-18-6-4-3-5-17(15)18/h3-9,11,19,23H,10,12H2,1-2H3,(H,24,28). The third kappa shape index (κ3) is 3.47. The van der Waals surface area contributed by atoms with Gasteiger partial charge in [-0.05, 0) is 36.8 Å². The van der Waals surface area contributed by atoms with E-state index in [-0.39, 0.29) is 18.2 Å². The molecule has 1 unspecified atom stereocenters. The van der Waals surface area contributed by atoms with Crippen LogP contribution in [0.1, 0.15) is 28.4 Å². The summed E-state index contributed by atoms with van der Waals surface area (Å²) in [5.41, 5.74) is 3.07. The fraction of sp³-hybridized carbons (Fsp3) is 0.227. The van der Waals surface area contributed by atoms with Crippen molar-refractivity contribution in [2.24, 2.45) is 0 Å². The molecule has 7 heteroatoms. The van der Waals surface area contributed by atoms with Crippen molar-refractivity contribution >= 4 is 28.6 Å². The maximum Gasteiger partial charge on any atom is 0.325 e. The lowest BCUT2D eigenvalue weighted by Crippen LogP contribution is -2.32. The number of benzene rings is 2. The SMILES string of the molecule is COc1ccc(C(C)=O)cc1CN1C(=O)NC(Cc2c[nH]c3ccccc23)C1=O. The Kier molecular flexibility index (Phi) is 4.80. The molecular formula is C22H21N3O4. The van der Waals surface area contributed by atoms with Crippen LogP contribution in [0.2, 0.25) is 0 Å². The van der Waals surface area contributed by atoms with E-state index in [2.05, 4.69) is 10.3 Å². The summed E-state index contributed by atoms with van der Waals surface area (Å²) in [5, 5.41) is 3.80. The molecule has 7 nitrogen and oxygen atoms in total. The Morgan fingerprint density at radius 2 is 1.93 bits per heavy atom. The Labute approximate surface area is 167 Å². The van der Waals surface area contributed by atoms with Crippen molar-refractivity contribution in [1.82, 2.24) is 15.2 Å². The molecule has 1 aromatic heterocycles. The highest BCUT2D eigenvalue weighted by molar-refractivity contribution is 6.04. The number of rotatable bonds is 6. The minimum atomic E-state index is -0.635. The van der Waals surface area contributed by atoms with Crippen molar-refractivity contribution in [3.8, 4) is 5.75 Å². The number of aromatic nitrogens is 1. The van der Waals surface area contributed by atoms with Gasteiger partial charge in [-0.25, -0.2) is 4.79 Å². The van der Waals surface area contributed by atoms with Gasteiger partial charge in [-0.1, -0.05) is 18.2 Å². The summed E-state index contributed by atoms with van der Waals surface area (Å²) in [7, 11) is 1.51. The van der Waals surface area contributed by atoms with E-state index in [0.29, 0.717) is 23.3 Å². The molecule has 1 fully saturated rings. The number of imide groups is 1. The van der Waals surface area contributed by atoms with Crippen LogP contribution < -0.4 is 10.1 Å². The number of amides is 3. The van der Waals surface area contributed by atoms with E-state index in [1.165, 1.54) is 18.9 Å². The molecule has 3 aromatic rings. The second-order valence-electron chi connectivity index (χ2n) is 7.07. The lowest BCUT2D eigenvalue weighted by atomic mass is 10.0. The van der Waals surface area contributed by atoms with Gasteiger partial charge in [-0.3, -0.25) is 14.5 Å². The molecule has 1 atom stereocenters. The Morgan fingerprint density at radius 1 is 1.14 bits per heavy atom. The minimum absolute atomic E-state index is 0.0410. The van der Waals surface area contributed by atoms with Crippen LogP contribution in [0.15, 0.2) is 48.7 Å². The predicted molar refractivity (Wildman–Crippen MR) is 108 cm³/mol. The van der Waals surface area contributed by atoms with Crippen LogP contribution in [0.4, 0.5) is 4.79 Å². The molecule has 1 aliphatic heterocycles. The van der Waals surface area contributed by atoms with E-state index in [0.717, 1.165) is 16.5 Å². The van der Waals surface area contributed by atoms with Gasteiger partial charge in [-0.2, -0.15) is 0 Å². The lowest BCUT2D eigenvalue weighted by Gasteiger charge is -2.16. The lowest BCUT2D eigenvalue weighted by molar-refractivity contribution is -0.127. The number of fused-ring (bicyclic) bond motifs is 1. The second-order valence-corrected chi connectivity index (χ2v) is 7.07. The number of aromatic amines is 1. The average molecular weight is 391 g/mol. The summed E-state index contributed by atoms with van der Waals surface area (Å²) < 4.78 is 5.34. The van der Waals surface area contributed by atoms with Crippen LogP contribution in [0, 0.1) is 0 Å². The maximum atomic E-state index is 12.9. The predicted octanol–water partition coefficient (Wildman–Crippen LogP) is 3.04. The Hall–Kier alpha value is -3.61. The molecule has 0 saturated carbocycles. The molecule has 0 spiro atoms. The van der Waals surface area contributed by atoms with E-state index in [9.17, 15) is 14.4 Å². The van der Waals surface area contributed by atoms with Crippen LogP contribution in [-0.4, -0.2) is 40.8 Å². The number of ketones is 1. The summed E-state index contributed by atoms with van der Waals surface area (Å²) >= 11 is 0. The van der Waals surface area contributed by atoms with Crippen LogP contribution in [-0.2, 0) is 17.8 Å². The number of ether oxygens (including phenoxy) is 1. The van der Waals surface area contributed by atoms with Gasteiger partial charge in [0.05, 0.1) is 13.7 Å². The molecule has 148 valence electrons. The average Bonchev–Trinajstić information content (AvgIpc) is 3.24. The van der Waals surface area contributed by atoms with Crippen LogP contribution in [0.25, 0.3) is 10.9 Å². The second kappa shape index (κ2) is 7.43. The fourth-order valence-electron chi connectivity index (χ4n) is 3.68.